The summed E-state index contributed by atoms with van der Waals surface area (Å²) in [4.78, 5) is 42.0. The summed E-state index contributed by atoms with van der Waals surface area (Å²) >= 11 is 24.3. The number of ketones is 2. The Morgan fingerprint density at radius 3 is 1.28 bits per heavy atom. The quantitative estimate of drug-likeness (QED) is 0.0699. The van der Waals surface area contributed by atoms with Crippen LogP contribution in [-0.2, 0) is 0 Å². The van der Waals surface area contributed by atoms with Crippen LogP contribution in [0.5, 0.6) is 23.0 Å². The number of rotatable bonds is 20. The third kappa shape index (κ3) is 23.1. The predicted molar refractivity (Wildman–Crippen MR) is 426 cm³/mol. The predicted octanol–water partition coefficient (Wildman–Crippen LogP) is 23.4. The Morgan fingerprint density at radius 2 is 0.908 bits per heavy atom. The van der Waals surface area contributed by atoms with Gasteiger partial charge in [-0.25, -0.2) is 9.37 Å². The van der Waals surface area contributed by atoms with Gasteiger partial charge in [-0.15, -0.1) is 0 Å². The number of carbonyl (C=O) groups is 2. The Balaban J connectivity index is 0.000000155. The number of Topliss-reactive ketones (excluding diaryl/α,β-unsaturated/α-hetero) is 2. The molecule has 109 heavy (non-hydrogen) atoms. The minimum atomic E-state index is -0.483. The summed E-state index contributed by atoms with van der Waals surface area (Å²) < 4.78 is 40.5. The molecule has 0 bridgehead atoms. The topological polar surface area (TPSA) is 238 Å². The Labute approximate surface area is 660 Å². The number of aromatic amines is 1. The Bertz CT molecular complexity index is 4750. The third-order valence-corrected chi connectivity index (χ3v) is 22.2. The molecule has 0 aliphatic heterocycles. The number of hydrogen-bond acceptors (Lipinski definition) is 14. The normalized spacial score (nSPS) is 19.6. The highest BCUT2D eigenvalue weighted by Gasteiger charge is 2.31. The van der Waals surface area contributed by atoms with Crippen molar-refractivity contribution in [3.63, 3.8) is 0 Å². The lowest BCUT2D eigenvalue weighted by atomic mass is 9.83. The molecule has 0 amide bonds. The number of imidazole rings is 1. The fourth-order valence-electron chi connectivity index (χ4n) is 14.3. The first-order valence-electron chi connectivity index (χ1n) is 38.1. The number of nitrogens with one attached hydrogen (secondary N) is 1. The molecule has 13 rings (SSSR count). The first-order chi connectivity index (χ1) is 52.4. The van der Waals surface area contributed by atoms with Crippen molar-refractivity contribution >= 4 is 69.0 Å². The second-order valence-electron chi connectivity index (χ2n) is 30.2. The van der Waals surface area contributed by atoms with E-state index < -0.39 is 5.82 Å². The van der Waals surface area contributed by atoms with E-state index in [1.807, 2.05) is 61.1 Å². The van der Waals surface area contributed by atoms with Crippen molar-refractivity contribution in [2.45, 2.75) is 231 Å². The first kappa shape index (κ1) is 82.2. The number of nitriles is 4. The van der Waals surface area contributed by atoms with Gasteiger partial charge in [0, 0.05) is 79.3 Å². The van der Waals surface area contributed by atoms with Gasteiger partial charge in [0.1, 0.15) is 64.6 Å². The minimum Gasteiger partial charge on any atom is -0.490 e. The lowest BCUT2D eigenvalue weighted by Gasteiger charge is -2.28. The number of ether oxygens (including phenoxy) is 4. The van der Waals surface area contributed by atoms with Crippen LogP contribution >= 0.6 is 46.4 Å². The van der Waals surface area contributed by atoms with E-state index in [0.29, 0.717) is 114 Å². The maximum atomic E-state index is 14.3. The van der Waals surface area contributed by atoms with Crippen molar-refractivity contribution in [3.8, 4) is 47.3 Å². The van der Waals surface area contributed by atoms with Crippen LogP contribution in [-0.4, -0.2) is 65.7 Å². The molecule has 4 heterocycles. The van der Waals surface area contributed by atoms with Gasteiger partial charge in [0.15, 0.2) is 11.6 Å². The number of fused-ring (bicyclic) bond motifs is 1. The van der Waals surface area contributed by atoms with Gasteiger partial charge in [0.2, 0.25) is 0 Å². The third-order valence-electron chi connectivity index (χ3n) is 21.0. The molecule has 4 aliphatic rings. The van der Waals surface area contributed by atoms with Gasteiger partial charge >= 0.3 is 0 Å². The highest BCUT2D eigenvalue weighted by molar-refractivity contribution is 6.32. The molecule has 5 aromatic carbocycles. The second kappa shape index (κ2) is 39.3. The number of pyridine rings is 2. The van der Waals surface area contributed by atoms with Crippen molar-refractivity contribution in [2.75, 3.05) is 0 Å². The SMILES string of the molecule is CC(C)c1cc(F)c(C(=O)CC2CCC(Oc3ccc(C#N)c(Cl)c3)CC2)cn1.CC(C)c1ccc(C(=O)CC2CCC(Oc3ccc(C#N)c(Cl)c3)CC2)nc1.CC(C)c1ccc2nc(C3CCC(Oc4ccc(C#N)c(Cl)c4)CC3)[nH]c2c1.CC(C)n1ccc(C2CCC(Oc3ccc(C#N)c(Cl)c3)CC2)n1. The molecule has 1 N–H and O–H groups in total. The van der Waals surface area contributed by atoms with Crippen molar-refractivity contribution in [3.05, 3.63) is 222 Å². The molecular formula is C88H95Cl4FN10O6. The maximum absolute atomic E-state index is 14.3. The van der Waals surface area contributed by atoms with Crippen molar-refractivity contribution in [1.29, 1.82) is 21.0 Å². The fraction of sp³-hybridized carbons (Fsp3) is 0.432. The summed E-state index contributed by atoms with van der Waals surface area (Å²) in [5, 5.41) is 42.2. The van der Waals surface area contributed by atoms with Crippen molar-refractivity contribution in [2.24, 2.45) is 11.8 Å². The molecule has 0 atom stereocenters. The Morgan fingerprint density at radius 1 is 0.486 bits per heavy atom. The second-order valence-corrected chi connectivity index (χ2v) is 31.8. The highest BCUT2D eigenvalue weighted by atomic mass is 35.5. The first-order valence-corrected chi connectivity index (χ1v) is 39.6. The van der Waals surface area contributed by atoms with E-state index in [-0.39, 0.29) is 53.4 Å². The van der Waals surface area contributed by atoms with Crippen LogP contribution in [0.4, 0.5) is 4.39 Å². The molecular weight excluding hydrogens is 1450 g/mol. The number of nitrogens with zero attached hydrogens (tertiary/aromatic N) is 9. The van der Waals surface area contributed by atoms with Crippen LogP contribution in [0.15, 0.2) is 134 Å². The maximum Gasteiger partial charge on any atom is 0.181 e. The molecule has 9 aromatic rings. The zero-order valence-corrected chi connectivity index (χ0v) is 66.2. The Hall–Kier alpha value is -9.33. The number of benzene rings is 5. The van der Waals surface area contributed by atoms with Crippen LogP contribution in [0, 0.1) is 63.0 Å². The van der Waals surface area contributed by atoms with E-state index in [9.17, 15) is 14.0 Å². The van der Waals surface area contributed by atoms with Crippen LogP contribution < -0.4 is 18.9 Å². The van der Waals surface area contributed by atoms with E-state index >= 15 is 0 Å². The number of H-pyrrole nitrogens is 1. The highest BCUT2D eigenvalue weighted by Crippen LogP contribution is 2.39. The van der Waals surface area contributed by atoms with Gasteiger partial charge < -0.3 is 23.9 Å². The zero-order chi connectivity index (χ0) is 77.8. The summed E-state index contributed by atoms with van der Waals surface area (Å²) in [7, 11) is 0. The fourth-order valence-corrected chi connectivity index (χ4v) is 15.2. The largest absolute Gasteiger partial charge is 0.490 e. The van der Waals surface area contributed by atoms with E-state index in [0.717, 1.165) is 137 Å². The van der Waals surface area contributed by atoms with Crippen LogP contribution in [0.2, 0.25) is 20.1 Å². The molecule has 0 unspecified atom stereocenters. The van der Waals surface area contributed by atoms with Gasteiger partial charge in [-0.05, 0) is 236 Å². The summed E-state index contributed by atoms with van der Waals surface area (Å²) in [6, 6.07) is 43.2. The summed E-state index contributed by atoms with van der Waals surface area (Å²) in [6.45, 7) is 16.8. The number of hydrogen-bond donors (Lipinski definition) is 1. The smallest absolute Gasteiger partial charge is 0.181 e. The number of carbonyl (C=O) groups excluding carboxylic acids is 2. The van der Waals surface area contributed by atoms with Crippen LogP contribution in [0.25, 0.3) is 11.0 Å². The molecule has 4 aliphatic carbocycles. The van der Waals surface area contributed by atoms with E-state index in [1.54, 1.807) is 60.7 Å². The minimum absolute atomic E-state index is 0.0501. The number of aromatic nitrogens is 6. The molecule has 0 radical (unpaired) electrons. The standard InChI is InChI=1S/C23H24ClFN2O2.C23H24ClN3O.C23H25ClN2O2.C19H22ClN3O/c1-14(2)22-11-21(25)19(13-27-22)23(28)9-15-3-6-17(7-4-15)29-18-8-5-16(12-26)20(24)10-18;1-14(2)16-6-10-21-22(11-16)27-23(26-21)15-3-7-18(8-4-15)28-19-9-5-17(13-25)20(24)12-19;1-15(2)18-6-10-22(26-14-18)23(27)11-16-3-7-19(8-4-16)28-20-9-5-17(13-25)21(24)12-20;1-13(2)23-10-9-19(22-23)14-3-6-16(7-4-14)24-17-8-5-15(12-21)18(20)11-17/h5,8,10-11,13-15,17H,3-4,6-7,9H2,1-2H3;5-6,9-12,14-15,18H,3-4,7-8H2,1-2H3,(H,26,27);5-6,9-10,12,14-16,19H,3-4,7-8,11H2,1-2H3;5,8-11,13-14,16H,3-4,6-7H2,1-2H3. The lowest BCUT2D eigenvalue weighted by Crippen LogP contribution is -2.25. The molecule has 4 fully saturated rings. The average molecular weight is 1550 g/mol. The monoisotopic (exact) mass is 1550 g/mol. The van der Waals surface area contributed by atoms with Crippen molar-refractivity contribution in [1.82, 2.24) is 29.7 Å². The lowest BCUT2D eigenvalue weighted by molar-refractivity contribution is 0.0892. The van der Waals surface area contributed by atoms with E-state index in [4.69, 9.17) is 96.5 Å². The van der Waals surface area contributed by atoms with E-state index in [1.165, 1.54) is 23.5 Å². The van der Waals surface area contributed by atoms with Gasteiger partial charge in [0.25, 0.3) is 0 Å². The van der Waals surface area contributed by atoms with Gasteiger partial charge in [-0.2, -0.15) is 26.1 Å². The average Bonchev–Trinajstić information content (AvgIpc) is 1.67. The molecule has 16 nitrogen and oxygen atoms in total. The van der Waals surface area contributed by atoms with Crippen LogP contribution in [0.1, 0.15) is 278 Å². The van der Waals surface area contributed by atoms with Crippen molar-refractivity contribution < 1.29 is 32.9 Å². The molecule has 568 valence electrons. The molecule has 4 aromatic heterocycles. The van der Waals surface area contributed by atoms with E-state index in [2.05, 4.69) is 99.1 Å². The van der Waals surface area contributed by atoms with Gasteiger partial charge in [0.05, 0.1) is 89.1 Å². The summed E-state index contributed by atoms with van der Waals surface area (Å²) in [5.74, 6) is 5.97. The number of halogens is 5. The van der Waals surface area contributed by atoms with Gasteiger partial charge in [-0.3, -0.25) is 24.2 Å². The molecule has 0 spiro atoms. The zero-order valence-electron chi connectivity index (χ0n) is 63.2. The summed E-state index contributed by atoms with van der Waals surface area (Å²) in [5.41, 5.74) is 8.99. The molecule has 21 heteroatoms. The Kier molecular flexibility index (Phi) is 29.7. The molecule has 0 saturated heterocycles. The van der Waals surface area contributed by atoms with Crippen LogP contribution in [0.3, 0.4) is 0 Å². The molecule has 4 saturated carbocycles. The summed E-state index contributed by atoms with van der Waals surface area (Å²) in [6.07, 6.45) is 22.0. The van der Waals surface area contributed by atoms with Gasteiger partial charge in [-0.1, -0.05) is 100 Å².